The number of aliphatic imine (C=N–C) groups is 1. The Labute approximate surface area is 314 Å². The van der Waals surface area contributed by atoms with E-state index in [1.54, 1.807) is 23.9 Å². The van der Waals surface area contributed by atoms with Gasteiger partial charge in [0, 0.05) is 73.8 Å². The standard InChI is InChI=1S/C38H48ClN9O3S/c1-26-20-37(52-27(26)2)48(25-46-41-3)19-16-31(44-23-28-10-12-30(39)13-11-28)21-36(50)43-18-6-4-5-17-42-33-9-7-8-29(22-40)32(33)24-45-34-14-15-35(49)47-38(34)51/h7-13,20,22-23,25,31,34,40,42,45H,3-6,14-19,21,24H2,1-2H3,(H,43,50)(H,47,49,51)/b40-22?,44-23?,46-25-. The molecule has 276 valence electrons. The van der Waals surface area contributed by atoms with Crippen LogP contribution in [0.5, 0.6) is 0 Å². The van der Waals surface area contributed by atoms with Crippen LogP contribution >= 0.6 is 22.9 Å². The summed E-state index contributed by atoms with van der Waals surface area (Å²) in [5.41, 5.74) is 4.67. The van der Waals surface area contributed by atoms with E-state index >= 15 is 0 Å². The SMILES string of the molecule is C=N/N=C\N(CCC(CC(=O)NCCCCCNc1cccc(C=N)c1CNC1CCC(=O)NC1=O)N=Cc1ccc(Cl)cc1)c1cc(C)c(C)s1. The van der Waals surface area contributed by atoms with Gasteiger partial charge in [0.25, 0.3) is 0 Å². The van der Waals surface area contributed by atoms with Gasteiger partial charge < -0.3 is 26.3 Å². The minimum Gasteiger partial charge on any atom is -0.385 e. The Morgan fingerprint density at radius 1 is 1.15 bits per heavy atom. The summed E-state index contributed by atoms with van der Waals surface area (Å²) < 4.78 is 0. The molecule has 0 bridgehead atoms. The molecule has 3 amide bonds. The van der Waals surface area contributed by atoms with Crippen LogP contribution < -0.4 is 26.2 Å². The second kappa shape index (κ2) is 21.0. The van der Waals surface area contributed by atoms with Crippen LogP contribution in [0.25, 0.3) is 0 Å². The van der Waals surface area contributed by atoms with Crippen LogP contribution in [0.4, 0.5) is 10.7 Å². The molecule has 1 aliphatic heterocycles. The Balaban J connectivity index is 1.25. The van der Waals surface area contributed by atoms with Gasteiger partial charge in [-0.3, -0.25) is 24.7 Å². The first kappa shape index (κ1) is 40.1. The molecular weight excluding hydrogens is 698 g/mol. The second-order valence-electron chi connectivity index (χ2n) is 12.6. The van der Waals surface area contributed by atoms with Gasteiger partial charge in [-0.2, -0.15) is 5.10 Å². The van der Waals surface area contributed by atoms with Crippen molar-refractivity contribution in [3.8, 4) is 0 Å². The van der Waals surface area contributed by atoms with Crippen molar-refractivity contribution in [2.24, 2.45) is 15.2 Å². The summed E-state index contributed by atoms with van der Waals surface area (Å²) in [6, 6.07) is 14.6. The number of hydrogen-bond acceptors (Lipinski definition) is 10. The molecule has 2 heterocycles. The summed E-state index contributed by atoms with van der Waals surface area (Å²) in [7, 11) is 0. The number of carbonyl (C=O) groups is 3. The number of aryl methyl sites for hydroxylation is 2. The average Bonchev–Trinajstić information content (AvgIpc) is 3.47. The van der Waals surface area contributed by atoms with E-state index in [4.69, 9.17) is 22.0 Å². The minimum absolute atomic E-state index is 0.0521. The van der Waals surface area contributed by atoms with Gasteiger partial charge >= 0.3 is 0 Å². The Hall–Kier alpha value is -4.72. The van der Waals surface area contributed by atoms with Gasteiger partial charge in [0.2, 0.25) is 17.7 Å². The number of nitrogens with one attached hydrogen (secondary N) is 5. The average molecular weight is 746 g/mol. The molecule has 2 aromatic carbocycles. The summed E-state index contributed by atoms with van der Waals surface area (Å²) in [4.78, 5) is 44.8. The van der Waals surface area contributed by atoms with Crippen molar-refractivity contribution in [3.05, 3.63) is 80.7 Å². The first-order valence-electron chi connectivity index (χ1n) is 17.5. The number of anilines is 2. The first-order chi connectivity index (χ1) is 25.2. The quantitative estimate of drug-likeness (QED) is 0.0294. The van der Waals surface area contributed by atoms with E-state index < -0.39 is 6.04 Å². The maximum absolute atomic E-state index is 13.1. The van der Waals surface area contributed by atoms with Crippen LogP contribution in [0.15, 0.2) is 63.7 Å². The third-order valence-corrected chi connectivity index (χ3v) is 10.2. The smallest absolute Gasteiger partial charge is 0.243 e. The third kappa shape index (κ3) is 12.8. The number of rotatable bonds is 21. The Kier molecular flexibility index (Phi) is 16.1. The lowest BCUT2D eigenvalue weighted by Crippen LogP contribution is -2.50. The number of imide groups is 1. The third-order valence-electron chi connectivity index (χ3n) is 8.76. The molecule has 5 N–H and O–H groups in total. The van der Waals surface area contributed by atoms with E-state index in [9.17, 15) is 14.4 Å². The number of halogens is 1. The molecule has 1 saturated heterocycles. The number of thiophene rings is 1. The highest BCUT2D eigenvalue weighted by molar-refractivity contribution is 7.16. The molecular formula is C38H48ClN9O3S. The van der Waals surface area contributed by atoms with Gasteiger partial charge in [0.1, 0.15) is 6.34 Å². The molecule has 52 heavy (non-hydrogen) atoms. The molecule has 1 aromatic heterocycles. The topological polar surface area (TPSA) is 164 Å². The molecule has 12 nitrogen and oxygen atoms in total. The van der Waals surface area contributed by atoms with Crippen molar-refractivity contribution in [1.82, 2.24) is 16.0 Å². The second-order valence-corrected chi connectivity index (χ2v) is 14.3. The van der Waals surface area contributed by atoms with E-state index in [0.717, 1.165) is 46.6 Å². The monoisotopic (exact) mass is 745 g/mol. The molecule has 3 aromatic rings. The lowest BCUT2D eigenvalue weighted by atomic mass is 10.0. The number of piperidine rings is 1. The fourth-order valence-corrected chi connectivity index (χ4v) is 6.81. The molecule has 0 radical (unpaired) electrons. The van der Waals surface area contributed by atoms with Crippen LogP contribution in [-0.4, -0.2) is 74.9 Å². The summed E-state index contributed by atoms with van der Waals surface area (Å²) >= 11 is 7.74. The van der Waals surface area contributed by atoms with E-state index in [1.807, 2.05) is 47.4 Å². The number of carbonyl (C=O) groups excluding carboxylic acids is 3. The maximum atomic E-state index is 13.1. The summed E-state index contributed by atoms with van der Waals surface area (Å²) in [6.07, 6.45) is 9.00. The Morgan fingerprint density at radius 3 is 2.65 bits per heavy atom. The highest BCUT2D eigenvalue weighted by Gasteiger charge is 2.26. The van der Waals surface area contributed by atoms with Crippen molar-refractivity contribution in [2.45, 2.75) is 77.4 Å². The van der Waals surface area contributed by atoms with E-state index in [2.05, 4.69) is 58.1 Å². The fraction of sp³-hybridized carbons (Fsp3) is 0.395. The zero-order valence-electron chi connectivity index (χ0n) is 29.8. The first-order valence-corrected chi connectivity index (χ1v) is 18.7. The molecule has 1 fully saturated rings. The molecule has 2 unspecified atom stereocenters. The van der Waals surface area contributed by atoms with Crippen molar-refractivity contribution in [3.63, 3.8) is 0 Å². The zero-order chi connectivity index (χ0) is 37.3. The maximum Gasteiger partial charge on any atom is 0.243 e. The van der Waals surface area contributed by atoms with Gasteiger partial charge in [0.15, 0.2) is 0 Å². The molecule has 1 aliphatic rings. The minimum atomic E-state index is -0.450. The lowest BCUT2D eigenvalue weighted by Gasteiger charge is -2.23. The van der Waals surface area contributed by atoms with Crippen molar-refractivity contribution < 1.29 is 14.4 Å². The van der Waals surface area contributed by atoms with E-state index in [1.165, 1.54) is 16.7 Å². The van der Waals surface area contributed by atoms with E-state index in [-0.39, 0.29) is 30.2 Å². The highest BCUT2D eigenvalue weighted by Crippen LogP contribution is 2.29. The van der Waals surface area contributed by atoms with Gasteiger partial charge in [-0.25, -0.2) is 0 Å². The van der Waals surface area contributed by atoms with Crippen LogP contribution in [0.2, 0.25) is 5.02 Å². The van der Waals surface area contributed by atoms with Gasteiger partial charge in [-0.15, -0.1) is 16.4 Å². The molecule has 0 aliphatic carbocycles. The molecule has 2 atom stereocenters. The normalized spacial score (nSPS) is 15.1. The predicted molar refractivity (Wildman–Crippen MR) is 214 cm³/mol. The summed E-state index contributed by atoms with van der Waals surface area (Å²) in [5, 5.41) is 29.4. The van der Waals surface area contributed by atoms with Gasteiger partial charge in [-0.1, -0.05) is 35.9 Å². The van der Waals surface area contributed by atoms with Gasteiger partial charge in [-0.05, 0) is 92.5 Å². The van der Waals surface area contributed by atoms with Gasteiger partial charge in [0.05, 0.1) is 17.1 Å². The Bertz CT molecular complexity index is 1720. The number of hydrogen-bond donors (Lipinski definition) is 5. The van der Waals surface area contributed by atoms with Crippen LogP contribution in [0.3, 0.4) is 0 Å². The zero-order valence-corrected chi connectivity index (χ0v) is 31.4. The van der Waals surface area contributed by atoms with Crippen molar-refractivity contribution >= 4 is 76.8 Å². The summed E-state index contributed by atoms with van der Waals surface area (Å²) in [6.45, 7) is 9.90. The Morgan fingerprint density at radius 2 is 1.94 bits per heavy atom. The lowest BCUT2D eigenvalue weighted by molar-refractivity contribution is -0.134. The predicted octanol–water partition coefficient (Wildman–Crippen LogP) is 6.03. The van der Waals surface area contributed by atoms with Crippen molar-refractivity contribution in [1.29, 1.82) is 5.41 Å². The number of unbranched alkanes of at least 4 members (excludes halogenated alkanes) is 2. The number of nitrogens with zero attached hydrogens (tertiary/aromatic N) is 4. The highest BCUT2D eigenvalue weighted by atomic mass is 35.5. The molecule has 0 spiro atoms. The summed E-state index contributed by atoms with van der Waals surface area (Å²) in [5.74, 6) is -0.618. The van der Waals surface area contributed by atoms with Crippen LogP contribution in [0.1, 0.15) is 72.1 Å². The van der Waals surface area contributed by atoms with Crippen molar-refractivity contribution in [2.75, 3.05) is 29.9 Å². The molecule has 0 saturated carbocycles. The molecule has 4 rings (SSSR count). The molecule has 14 heteroatoms. The van der Waals surface area contributed by atoms with Crippen LogP contribution in [0, 0.1) is 19.3 Å². The number of benzene rings is 2. The van der Waals surface area contributed by atoms with E-state index in [0.29, 0.717) is 50.5 Å². The largest absolute Gasteiger partial charge is 0.385 e. The van der Waals surface area contributed by atoms with Crippen LogP contribution in [-0.2, 0) is 20.9 Å². The fourth-order valence-electron chi connectivity index (χ4n) is 5.66. The number of amides is 3.